The third-order valence-electron chi connectivity index (χ3n) is 2.88. The number of aromatic nitrogens is 2. The van der Waals surface area contributed by atoms with Crippen LogP contribution in [-0.2, 0) is 6.18 Å². The quantitative estimate of drug-likeness (QED) is 0.777. The third-order valence-corrected chi connectivity index (χ3v) is 2.88. The number of benzene rings is 1. The number of rotatable bonds is 1. The Balaban J connectivity index is 2.55. The van der Waals surface area contributed by atoms with Crippen LogP contribution in [0.25, 0.3) is 11.3 Å². The summed E-state index contributed by atoms with van der Waals surface area (Å²) >= 11 is 0. The highest BCUT2D eigenvalue weighted by Gasteiger charge is 2.30. The molecule has 0 saturated carbocycles. The molecule has 0 N–H and O–H groups in total. The van der Waals surface area contributed by atoms with Crippen molar-refractivity contribution in [3.8, 4) is 11.3 Å². The molecule has 0 radical (unpaired) electrons. The highest BCUT2D eigenvalue weighted by molar-refractivity contribution is 5.66. The van der Waals surface area contributed by atoms with E-state index in [4.69, 9.17) is 0 Å². The van der Waals surface area contributed by atoms with Crippen LogP contribution in [0.1, 0.15) is 22.5 Å². The lowest BCUT2D eigenvalue weighted by atomic mass is 10.0. The Kier molecular flexibility index (Phi) is 3.30. The molecule has 0 atom stereocenters. The number of nitrogens with zero attached hydrogens (tertiary/aromatic N) is 2. The van der Waals surface area contributed by atoms with Crippen LogP contribution in [-0.4, -0.2) is 9.97 Å². The van der Waals surface area contributed by atoms with Gasteiger partial charge in [0.1, 0.15) is 0 Å². The summed E-state index contributed by atoms with van der Waals surface area (Å²) in [5, 5.41) is 0. The van der Waals surface area contributed by atoms with E-state index in [0.29, 0.717) is 22.5 Å². The zero-order valence-corrected chi connectivity index (χ0v) is 10.8. The molecule has 0 bridgehead atoms. The maximum atomic E-state index is 12.6. The van der Waals surface area contributed by atoms with E-state index in [2.05, 4.69) is 9.97 Å². The van der Waals surface area contributed by atoms with E-state index < -0.39 is 11.7 Å². The lowest BCUT2D eigenvalue weighted by Crippen LogP contribution is -2.05. The first-order chi connectivity index (χ1) is 8.79. The first kappa shape index (κ1) is 13.5. The van der Waals surface area contributed by atoms with Gasteiger partial charge in [-0.1, -0.05) is 6.07 Å². The summed E-state index contributed by atoms with van der Waals surface area (Å²) in [5.41, 5.74) is 2.64. The molecular formula is C14H13F3N2. The Morgan fingerprint density at radius 2 is 1.74 bits per heavy atom. The summed E-state index contributed by atoms with van der Waals surface area (Å²) in [5.74, 6) is 0. The largest absolute Gasteiger partial charge is 0.416 e. The van der Waals surface area contributed by atoms with Crippen molar-refractivity contribution in [2.24, 2.45) is 0 Å². The van der Waals surface area contributed by atoms with Crippen LogP contribution in [0.3, 0.4) is 0 Å². The van der Waals surface area contributed by atoms with Gasteiger partial charge in [-0.15, -0.1) is 0 Å². The molecule has 0 spiro atoms. The van der Waals surface area contributed by atoms with Crippen molar-refractivity contribution >= 4 is 0 Å². The Labute approximate surface area is 109 Å². The Hall–Kier alpha value is -1.91. The van der Waals surface area contributed by atoms with Crippen LogP contribution < -0.4 is 0 Å². The lowest BCUT2D eigenvalue weighted by molar-refractivity contribution is -0.137. The Bertz CT molecular complexity index is 619. The van der Waals surface area contributed by atoms with Gasteiger partial charge in [0.25, 0.3) is 0 Å². The van der Waals surface area contributed by atoms with Crippen molar-refractivity contribution in [1.29, 1.82) is 0 Å². The molecule has 19 heavy (non-hydrogen) atoms. The summed E-state index contributed by atoms with van der Waals surface area (Å²) in [6.07, 6.45) is -2.69. The molecule has 0 aliphatic heterocycles. The lowest BCUT2D eigenvalue weighted by Gasteiger charge is -2.12. The van der Waals surface area contributed by atoms with Gasteiger partial charge >= 0.3 is 6.18 Å². The molecule has 100 valence electrons. The molecule has 5 heteroatoms. The van der Waals surface area contributed by atoms with Gasteiger partial charge in [0.15, 0.2) is 0 Å². The van der Waals surface area contributed by atoms with Crippen molar-refractivity contribution in [3.63, 3.8) is 0 Å². The zero-order valence-electron chi connectivity index (χ0n) is 10.8. The predicted octanol–water partition coefficient (Wildman–Crippen LogP) is 4.09. The van der Waals surface area contributed by atoms with Crippen LogP contribution in [0.5, 0.6) is 0 Å². The van der Waals surface area contributed by atoms with Crippen LogP contribution in [0.2, 0.25) is 0 Å². The second kappa shape index (κ2) is 4.64. The molecule has 1 aromatic heterocycles. The van der Waals surface area contributed by atoms with E-state index in [0.717, 1.165) is 17.8 Å². The third kappa shape index (κ3) is 2.75. The van der Waals surface area contributed by atoms with Crippen molar-refractivity contribution in [2.45, 2.75) is 26.9 Å². The smallest absolute Gasteiger partial charge is 0.257 e. The minimum absolute atomic E-state index is 0.540. The molecule has 2 nitrogen and oxygen atoms in total. The number of hydrogen-bond acceptors (Lipinski definition) is 2. The normalized spacial score (nSPS) is 11.7. The van der Waals surface area contributed by atoms with Gasteiger partial charge in [0.2, 0.25) is 0 Å². The van der Waals surface area contributed by atoms with Gasteiger partial charge in [0, 0.05) is 11.8 Å². The summed E-state index contributed by atoms with van der Waals surface area (Å²) < 4.78 is 37.9. The minimum Gasteiger partial charge on any atom is -0.257 e. The van der Waals surface area contributed by atoms with Gasteiger partial charge in [-0.05, 0) is 38.5 Å². The zero-order chi connectivity index (χ0) is 14.2. The molecule has 0 unspecified atom stereocenters. The second-order valence-corrected chi connectivity index (χ2v) is 4.47. The van der Waals surface area contributed by atoms with Gasteiger partial charge in [0.05, 0.1) is 22.6 Å². The minimum atomic E-state index is -4.32. The standard InChI is InChI=1S/C14H13F3N2/c1-8-6-11(14(15,16)17)4-5-12(8)13-10(3)18-7-9(2)19-13/h4-7H,1-3H3. The second-order valence-electron chi connectivity index (χ2n) is 4.47. The van der Waals surface area contributed by atoms with Crippen molar-refractivity contribution in [3.05, 3.63) is 46.9 Å². The van der Waals surface area contributed by atoms with Crippen LogP contribution in [0.15, 0.2) is 24.4 Å². The summed E-state index contributed by atoms with van der Waals surface area (Å²) in [4.78, 5) is 8.53. The molecule has 0 aliphatic carbocycles. The van der Waals surface area contributed by atoms with E-state index in [-0.39, 0.29) is 0 Å². The van der Waals surface area contributed by atoms with E-state index in [1.54, 1.807) is 27.0 Å². The van der Waals surface area contributed by atoms with E-state index in [1.165, 1.54) is 6.07 Å². The van der Waals surface area contributed by atoms with Crippen LogP contribution >= 0.6 is 0 Å². The number of aryl methyl sites for hydroxylation is 3. The first-order valence-corrected chi connectivity index (χ1v) is 5.77. The molecule has 1 heterocycles. The predicted molar refractivity (Wildman–Crippen MR) is 66.7 cm³/mol. The fraction of sp³-hybridized carbons (Fsp3) is 0.286. The average Bonchev–Trinajstić information content (AvgIpc) is 2.31. The van der Waals surface area contributed by atoms with Crippen molar-refractivity contribution in [2.75, 3.05) is 0 Å². The average molecular weight is 266 g/mol. The maximum absolute atomic E-state index is 12.6. The Morgan fingerprint density at radius 1 is 1.05 bits per heavy atom. The van der Waals surface area contributed by atoms with Gasteiger partial charge in [-0.25, -0.2) is 4.98 Å². The van der Waals surface area contributed by atoms with E-state index in [9.17, 15) is 13.2 Å². The maximum Gasteiger partial charge on any atom is 0.416 e. The molecule has 0 aliphatic rings. The molecule has 2 rings (SSSR count). The molecule has 2 aromatic rings. The fourth-order valence-electron chi connectivity index (χ4n) is 1.90. The van der Waals surface area contributed by atoms with E-state index in [1.807, 2.05) is 0 Å². The highest BCUT2D eigenvalue weighted by atomic mass is 19.4. The van der Waals surface area contributed by atoms with Gasteiger partial charge < -0.3 is 0 Å². The van der Waals surface area contributed by atoms with Crippen molar-refractivity contribution < 1.29 is 13.2 Å². The SMILES string of the molecule is Cc1cnc(C)c(-c2ccc(C(F)(F)F)cc2C)n1. The molecule has 0 saturated heterocycles. The summed E-state index contributed by atoms with van der Waals surface area (Å²) in [6.45, 7) is 5.24. The Morgan fingerprint density at radius 3 is 2.32 bits per heavy atom. The fourth-order valence-corrected chi connectivity index (χ4v) is 1.90. The molecule has 1 aromatic carbocycles. The van der Waals surface area contributed by atoms with Gasteiger partial charge in [-0.2, -0.15) is 13.2 Å². The highest BCUT2D eigenvalue weighted by Crippen LogP contribution is 2.33. The number of hydrogen-bond donors (Lipinski definition) is 0. The first-order valence-electron chi connectivity index (χ1n) is 5.77. The summed E-state index contributed by atoms with van der Waals surface area (Å²) in [7, 11) is 0. The molecule has 0 amide bonds. The summed E-state index contributed by atoms with van der Waals surface area (Å²) in [6, 6.07) is 3.67. The van der Waals surface area contributed by atoms with Gasteiger partial charge in [-0.3, -0.25) is 4.98 Å². The number of alkyl halides is 3. The van der Waals surface area contributed by atoms with E-state index >= 15 is 0 Å². The van der Waals surface area contributed by atoms with Crippen LogP contribution in [0, 0.1) is 20.8 Å². The van der Waals surface area contributed by atoms with Crippen molar-refractivity contribution in [1.82, 2.24) is 9.97 Å². The molecular weight excluding hydrogens is 253 g/mol. The van der Waals surface area contributed by atoms with Crippen LogP contribution in [0.4, 0.5) is 13.2 Å². The molecule has 0 fully saturated rings. The monoisotopic (exact) mass is 266 g/mol. The number of halogens is 3. The topological polar surface area (TPSA) is 25.8 Å².